The average molecular weight is 314 g/mol. The summed E-state index contributed by atoms with van der Waals surface area (Å²) in [6.07, 6.45) is 1.39. The zero-order chi connectivity index (χ0) is 16.5. The number of H-pyrrole nitrogens is 1. The molecule has 0 bridgehead atoms. The van der Waals surface area contributed by atoms with Crippen molar-refractivity contribution in [3.63, 3.8) is 0 Å². The van der Waals surface area contributed by atoms with Gasteiger partial charge in [-0.2, -0.15) is 0 Å². The monoisotopic (exact) mass is 314 g/mol. The molecule has 116 valence electrons. The summed E-state index contributed by atoms with van der Waals surface area (Å²) in [5, 5.41) is 12.3. The number of aliphatic hydroxyl groups is 1. The standard InChI is InChI=1S/C20H14N2O2/c23-19(13-6-2-1-3-7-13)12-18-20(24)22-17-11-15-9-5-4-8-14(15)10-16(17)21-18/h1-12,23H,(H,22,24)/b19-12-. The van der Waals surface area contributed by atoms with E-state index in [1.54, 1.807) is 12.1 Å². The zero-order valence-corrected chi connectivity index (χ0v) is 12.7. The van der Waals surface area contributed by atoms with E-state index in [9.17, 15) is 9.90 Å². The maximum absolute atomic E-state index is 12.3. The number of nitrogens with zero attached hydrogens (tertiary/aromatic N) is 1. The maximum Gasteiger partial charge on any atom is 0.274 e. The Kier molecular flexibility index (Phi) is 3.35. The molecule has 4 nitrogen and oxygen atoms in total. The van der Waals surface area contributed by atoms with Crippen LogP contribution in [0.5, 0.6) is 0 Å². The van der Waals surface area contributed by atoms with Crippen LogP contribution in [0.1, 0.15) is 11.3 Å². The second-order valence-corrected chi connectivity index (χ2v) is 5.56. The lowest BCUT2D eigenvalue weighted by molar-refractivity contribution is 0.515. The molecular formula is C20H14N2O2. The van der Waals surface area contributed by atoms with Crippen molar-refractivity contribution in [2.45, 2.75) is 0 Å². The minimum Gasteiger partial charge on any atom is -0.507 e. The minimum absolute atomic E-state index is 0.00809. The molecule has 24 heavy (non-hydrogen) atoms. The van der Waals surface area contributed by atoms with Gasteiger partial charge >= 0.3 is 0 Å². The minimum atomic E-state index is -0.333. The average Bonchev–Trinajstić information content (AvgIpc) is 2.61. The Morgan fingerprint density at radius 1 is 0.958 bits per heavy atom. The number of aromatic nitrogens is 2. The van der Waals surface area contributed by atoms with E-state index in [1.807, 2.05) is 54.6 Å². The number of aliphatic hydroxyl groups excluding tert-OH is 1. The summed E-state index contributed by atoms with van der Waals surface area (Å²) in [6.45, 7) is 0. The molecule has 0 aliphatic carbocycles. The maximum atomic E-state index is 12.3. The van der Waals surface area contributed by atoms with Crippen LogP contribution in [-0.4, -0.2) is 15.1 Å². The Hall–Kier alpha value is -3.40. The molecule has 0 spiro atoms. The SMILES string of the molecule is O=c1[nH]c2cc3ccccc3cc2nc1/C=C(\O)c1ccccc1. The van der Waals surface area contributed by atoms with Crippen molar-refractivity contribution in [3.8, 4) is 0 Å². The third kappa shape index (κ3) is 2.54. The molecular weight excluding hydrogens is 300 g/mol. The highest BCUT2D eigenvalue weighted by molar-refractivity contribution is 5.95. The molecule has 0 unspecified atom stereocenters. The summed E-state index contributed by atoms with van der Waals surface area (Å²) in [4.78, 5) is 19.5. The van der Waals surface area contributed by atoms with Crippen LogP contribution in [0, 0.1) is 0 Å². The van der Waals surface area contributed by atoms with Crippen molar-refractivity contribution in [3.05, 3.63) is 88.3 Å². The molecule has 0 saturated heterocycles. The van der Waals surface area contributed by atoms with Crippen molar-refractivity contribution < 1.29 is 5.11 Å². The lowest BCUT2D eigenvalue weighted by Crippen LogP contribution is -2.12. The first-order chi connectivity index (χ1) is 11.7. The van der Waals surface area contributed by atoms with Crippen molar-refractivity contribution in [1.82, 2.24) is 9.97 Å². The molecule has 0 atom stereocenters. The number of benzene rings is 3. The number of fused-ring (bicyclic) bond motifs is 2. The lowest BCUT2D eigenvalue weighted by Gasteiger charge is -2.04. The van der Waals surface area contributed by atoms with Crippen LogP contribution in [0.2, 0.25) is 0 Å². The fraction of sp³-hybridized carbons (Fsp3) is 0. The van der Waals surface area contributed by atoms with Gasteiger partial charge in [-0.25, -0.2) is 4.98 Å². The van der Waals surface area contributed by atoms with Gasteiger partial charge in [0, 0.05) is 11.6 Å². The molecule has 1 aromatic heterocycles. The second kappa shape index (κ2) is 5.66. The summed E-state index contributed by atoms with van der Waals surface area (Å²) in [7, 11) is 0. The highest BCUT2D eigenvalue weighted by atomic mass is 16.3. The predicted octanol–water partition coefficient (Wildman–Crippen LogP) is 4.13. The molecule has 0 amide bonds. The summed E-state index contributed by atoms with van der Waals surface area (Å²) >= 11 is 0. The quantitative estimate of drug-likeness (QED) is 0.432. The third-order valence-electron chi connectivity index (χ3n) is 3.93. The van der Waals surface area contributed by atoms with E-state index in [-0.39, 0.29) is 17.0 Å². The molecule has 1 heterocycles. The molecule has 0 saturated carbocycles. The Morgan fingerprint density at radius 3 is 2.38 bits per heavy atom. The highest BCUT2D eigenvalue weighted by Crippen LogP contribution is 2.20. The van der Waals surface area contributed by atoms with Gasteiger partial charge in [0.1, 0.15) is 11.5 Å². The predicted molar refractivity (Wildman–Crippen MR) is 96.8 cm³/mol. The van der Waals surface area contributed by atoms with E-state index in [0.29, 0.717) is 16.6 Å². The molecule has 3 aromatic carbocycles. The summed E-state index contributed by atoms with van der Waals surface area (Å²) in [5.41, 5.74) is 1.84. The van der Waals surface area contributed by atoms with Gasteiger partial charge in [-0.3, -0.25) is 4.79 Å². The molecule has 0 fully saturated rings. The Balaban J connectivity index is 1.88. The zero-order valence-electron chi connectivity index (χ0n) is 12.7. The van der Waals surface area contributed by atoms with E-state index < -0.39 is 0 Å². The van der Waals surface area contributed by atoms with Crippen LogP contribution >= 0.6 is 0 Å². The van der Waals surface area contributed by atoms with Gasteiger partial charge in [0.2, 0.25) is 0 Å². The van der Waals surface area contributed by atoms with E-state index in [1.165, 1.54) is 6.08 Å². The molecule has 4 rings (SSSR count). The van der Waals surface area contributed by atoms with E-state index in [0.717, 1.165) is 10.8 Å². The van der Waals surface area contributed by atoms with Crippen molar-refractivity contribution >= 4 is 33.6 Å². The fourth-order valence-corrected chi connectivity index (χ4v) is 2.71. The van der Waals surface area contributed by atoms with Gasteiger partial charge in [-0.15, -0.1) is 0 Å². The molecule has 4 aromatic rings. The first-order valence-electron chi connectivity index (χ1n) is 7.60. The largest absolute Gasteiger partial charge is 0.507 e. The highest BCUT2D eigenvalue weighted by Gasteiger charge is 2.06. The van der Waals surface area contributed by atoms with E-state index >= 15 is 0 Å². The van der Waals surface area contributed by atoms with E-state index in [2.05, 4.69) is 9.97 Å². The van der Waals surface area contributed by atoms with Crippen LogP contribution in [0.25, 0.3) is 33.6 Å². The van der Waals surface area contributed by atoms with Crippen molar-refractivity contribution in [1.29, 1.82) is 0 Å². The van der Waals surface area contributed by atoms with Crippen LogP contribution in [-0.2, 0) is 0 Å². The Morgan fingerprint density at radius 2 is 1.62 bits per heavy atom. The number of rotatable bonds is 2. The van der Waals surface area contributed by atoms with Gasteiger partial charge in [0.05, 0.1) is 11.0 Å². The van der Waals surface area contributed by atoms with Gasteiger partial charge in [0.15, 0.2) is 0 Å². The second-order valence-electron chi connectivity index (χ2n) is 5.56. The van der Waals surface area contributed by atoms with Gasteiger partial charge in [-0.05, 0) is 22.9 Å². The van der Waals surface area contributed by atoms with E-state index in [4.69, 9.17) is 0 Å². The van der Waals surface area contributed by atoms with Crippen LogP contribution < -0.4 is 5.56 Å². The smallest absolute Gasteiger partial charge is 0.274 e. The summed E-state index contributed by atoms with van der Waals surface area (Å²) in [6, 6.07) is 20.8. The Labute approximate surface area is 137 Å². The molecule has 0 aliphatic rings. The van der Waals surface area contributed by atoms with Gasteiger partial charge in [0.25, 0.3) is 5.56 Å². The van der Waals surface area contributed by atoms with Gasteiger partial charge in [-0.1, -0.05) is 54.6 Å². The molecule has 0 aliphatic heterocycles. The van der Waals surface area contributed by atoms with Gasteiger partial charge < -0.3 is 10.1 Å². The third-order valence-corrected chi connectivity index (χ3v) is 3.93. The lowest BCUT2D eigenvalue weighted by atomic mass is 10.1. The first-order valence-corrected chi connectivity index (χ1v) is 7.60. The summed E-state index contributed by atoms with van der Waals surface area (Å²) < 4.78 is 0. The Bertz CT molecular complexity index is 1130. The van der Waals surface area contributed by atoms with Crippen molar-refractivity contribution in [2.75, 3.05) is 0 Å². The normalized spacial score (nSPS) is 11.9. The number of nitrogens with one attached hydrogen (secondary N) is 1. The number of hydrogen-bond acceptors (Lipinski definition) is 3. The topological polar surface area (TPSA) is 66.0 Å². The summed E-state index contributed by atoms with van der Waals surface area (Å²) in [5.74, 6) is 0.00809. The number of aromatic amines is 1. The van der Waals surface area contributed by atoms with Crippen LogP contribution in [0.15, 0.2) is 71.5 Å². The first kappa shape index (κ1) is 14.2. The van der Waals surface area contributed by atoms with Crippen LogP contribution in [0.3, 0.4) is 0 Å². The van der Waals surface area contributed by atoms with Crippen LogP contribution in [0.4, 0.5) is 0 Å². The molecule has 0 radical (unpaired) electrons. The fourth-order valence-electron chi connectivity index (χ4n) is 2.71. The number of hydrogen-bond donors (Lipinski definition) is 2. The van der Waals surface area contributed by atoms with Crippen molar-refractivity contribution in [2.24, 2.45) is 0 Å². The molecule has 4 heteroatoms. The molecule has 2 N–H and O–H groups in total.